The molecule has 2 aromatic rings. The first-order chi connectivity index (χ1) is 14.2. The molecule has 0 aliphatic carbocycles. The lowest BCUT2D eigenvalue weighted by Crippen LogP contribution is -2.46. The fourth-order valence-electron chi connectivity index (χ4n) is 3.37. The molecule has 1 atom stereocenters. The van der Waals surface area contributed by atoms with Gasteiger partial charge in [0.2, 0.25) is 0 Å². The van der Waals surface area contributed by atoms with Crippen LogP contribution in [-0.4, -0.2) is 57.4 Å². The fourth-order valence-corrected chi connectivity index (χ4v) is 3.37. The van der Waals surface area contributed by atoms with Gasteiger partial charge in [0.15, 0.2) is 5.96 Å². The number of benzene rings is 1. The van der Waals surface area contributed by atoms with Crippen LogP contribution in [0, 0.1) is 6.92 Å². The van der Waals surface area contributed by atoms with Crippen LogP contribution in [0.4, 0.5) is 0 Å². The molecule has 0 spiro atoms. The number of furan rings is 1. The third kappa shape index (κ3) is 6.24. The van der Waals surface area contributed by atoms with Crippen LogP contribution >= 0.6 is 0 Å². The van der Waals surface area contributed by atoms with E-state index in [1.807, 2.05) is 37.3 Å². The molecule has 1 aliphatic rings. The maximum absolute atomic E-state index is 5.95. The largest absolute Gasteiger partial charge is 0.497 e. The minimum absolute atomic E-state index is 0.137. The van der Waals surface area contributed by atoms with Crippen molar-refractivity contribution in [3.05, 3.63) is 53.5 Å². The van der Waals surface area contributed by atoms with Crippen LogP contribution < -0.4 is 15.4 Å². The number of nitrogens with one attached hydrogen (secondary N) is 2. The molecule has 7 heteroatoms. The lowest BCUT2D eigenvalue weighted by molar-refractivity contribution is 0.0124. The molecule has 1 fully saturated rings. The first-order valence-corrected chi connectivity index (χ1v) is 10.2. The number of rotatable bonds is 8. The first-order valence-electron chi connectivity index (χ1n) is 10.2. The third-order valence-corrected chi connectivity index (χ3v) is 4.96. The van der Waals surface area contributed by atoms with Crippen molar-refractivity contribution in [1.82, 2.24) is 15.5 Å². The Morgan fingerprint density at radius 3 is 2.52 bits per heavy atom. The van der Waals surface area contributed by atoms with Crippen molar-refractivity contribution in [2.45, 2.75) is 26.4 Å². The number of guanidine groups is 1. The molecule has 1 aliphatic heterocycles. The topological polar surface area (TPSA) is 71.3 Å². The highest BCUT2D eigenvalue weighted by Gasteiger charge is 2.25. The standard InChI is InChI=1S/C22H32N4O3/c1-4-23-22(24-15-18-6-8-19(27-3)9-7-18)25-16-20(21-10-5-17(2)29-21)26-11-13-28-14-12-26/h5-10,20H,4,11-16H2,1-3H3,(H2,23,24,25). The molecular weight excluding hydrogens is 368 g/mol. The quantitative estimate of drug-likeness (QED) is 0.524. The predicted octanol–water partition coefficient (Wildman–Crippen LogP) is 2.73. The van der Waals surface area contributed by atoms with Gasteiger partial charge in [0.05, 0.1) is 32.9 Å². The van der Waals surface area contributed by atoms with E-state index in [0.29, 0.717) is 13.1 Å². The smallest absolute Gasteiger partial charge is 0.191 e. The number of ether oxygens (including phenoxy) is 2. The van der Waals surface area contributed by atoms with Crippen LogP contribution in [-0.2, 0) is 11.3 Å². The Morgan fingerprint density at radius 1 is 1.14 bits per heavy atom. The molecule has 3 rings (SSSR count). The van der Waals surface area contributed by atoms with Crippen LogP contribution in [0.1, 0.15) is 30.0 Å². The van der Waals surface area contributed by atoms with E-state index in [0.717, 1.165) is 61.6 Å². The van der Waals surface area contributed by atoms with Crippen LogP contribution in [0.15, 0.2) is 45.8 Å². The van der Waals surface area contributed by atoms with Gasteiger partial charge in [-0.3, -0.25) is 4.90 Å². The number of aryl methyl sites for hydroxylation is 1. The number of hydrogen-bond acceptors (Lipinski definition) is 5. The summed E-state index contributed by atoms with van der Waals surface area (Å²) in [6.45, 7) is 9.45. The summed E-state index contributed by atoms with van der Waals surface area (Å²) in [7, 11) is 1.67. The van der Waals surface area contributed by atoms with Gasteiger partial charge in [-0.2, -0.15) is 0 Å². The maximum atomic E-state index is 5.95. The van der Waals surface area contributed by atoms with Gasteiger partial charge < -0.3 is 24.5 Å². The van der Waals surface area contributed by atoms with E-state index in [4.69, 9.17) is 18.9 Å². The Kier molecular flexibility index (Phi) is 7.95. The molecular formula is C22H32N4O3. The van der Waals surface area contributed by atoms with Gasteiger partial charge in [-0.15, -0.1) is 0 Å². The second-order valence-electron chi connectivity index (χ2n) is 7.04. The van der Waals surface area contributed by atoms with Crippen LogP contribution in [0.3, 0.4) is 0 Å². The third-order valence-electron chi connectivity index (χ3n) is 4.96. The zero-order valence-corrected chi connectivity index (χ0v) is 17.6. The van der Waals surface area contributed by atoms with Crippen molar-refractivity contribution in [2.75, 3.05) is 46.5 Å². The molecule has 0 bridgehead atoms. The van der Waals surface area contributed by atoms with Gasteiger partial charge >= 0.3 is 0 Å². The second-order valence-corrected chi connectivity index (χ2v) is 7.04. The normalized spacial score (nSPS) is 16.4. The SMILES string of the molecule is CCNC(=NCc1ccc(OC)cc1)NCC(c1ccc(C)o1)N1CCOCC1. The summed E-state index contributed by atoms with van der Waals surface area (Å²) in [5, 5.41) is 6.82. The minimum Gasteiger partial charge on any atom is -0.497 e. The van der Waals surface area contributed by atoms with E-state index < -0.39 is 0 Å². The molecule has 158 valence electrons. The highest BCUT2D eigenvalue weighted by molar-refractivity contribution is 5.79. The van der Waals surface area contributed by atoms with Crippen LogP contribution in [0.5, 0.6) is 5.75 Å². The van der Waals surface area contributed by atoms with Crippen molar-refractivity contribution in [2.24, 2.45) is 4.99 Å². The Bertz CT molecular complexity index is 767. The van der Waals surface area contributed by atoms with E-state index >= 15 is 0 Å². The van der Waals surface area contributed by atoms with E-state index in [2.05, 4.69) is 28.5 Å². The number of nitrogens with zero attached hydrogens (tertiary/aromatic N) is 2. The molecule has 7 nitrogen and oxygen atoms in total. The first kappa shape index (κ1) is 21.2. The Morgan fingerprint density at radius 2 is 1.90 bits per heavy atom. The Labute approximate surface area is 173 Å². The number of methoxy groups -OCH3 is 1. The minimum atomic E-state index is 0.137. The van der Waals surface area contributed by atoms with Gasteiger partial charge in [0.1, 0.15) is 17.3 Å². The summed E-state index contributed by atoms with van der Waals surface area (Å²) in [6, 6.07) is 12.2. The molecule has 0 amide bonds. The zero-order valence-electron chi connectivity index (χ0n) is 17.6. The fraction of sp³-hybridized carbons (Fsp3) is 0.500. The monoisotopic (exact) mass is 400 g/mol. The van der Waals surface area contributed by atoms with Gasteiger partial charge in [-0.1, -0.05) is 12.1 Å². The molecule has 0 saturated carbocycles. The number of morpholine rings is 1. The molecule has 29 heavy (non-hydrogen) atoms. The van der Waals surface area contributed by atoms with E-state index in [-0.39, 0.29) is 6.04 Å². The van der Waals surface area contributed by atoms with Crippen molar-refractivity contribution >= 4 is 5.96 Å². The number of aliphatic imine (C=N–C) groups is 1. The highest BCUT2D eigenvalue weighted by Crippen LogP contribution is 2.23. The van der Waals surface area contributed by atoms with Gasteiger partial charge in [0.25, 0.3) is 0 Å². The van der Waals surface area contributed by atoms with E-state index in [1.54, 1.807) is 7.11 Å². The van der Waals surface area contributed by atoms with Gasteiger partial charge in [-0.05, 0) is 43.7 Å². The molecule has 1 aromatic heterocycles. The van der Waals surface area contributed by atoms with Crippen molar-refractivity contribution in [3.63, 3.8) is 0 Å². The predicted molar refractivity (Wildman–Crippen MR) is 114 cm³/mol. The molecule has 1 aromatic carbocycles. The summed E-state index contributed by atoms with van der Waals surface area (Å²) >= 11 is 0. The van der Waals surface area contributed by atoms with Crippen LogP contribution in [0.25, 0.3) is 0 Å². The lowest BCUT2D eigenvalue weighted by atomic mass is 10.1. The van der Waals surface area contributed by atoms with E-state index in [9.17, 15) is 0 Å². The highest BCUT2D eigenvalue weighted by atomic mass is 16.5. The van der Waals surface area contributed by atoms with Crippen molar-refractivity contribution in [3.8, 4) is 5.75 Å². The molecule has 1 saturated heterocycles. The van der Waals surface area contributed by atoms with Crippen molar-refractivity contribution in [1.29, 1.82) is 0 Å². The summed E-state index contributed by atoms with van der Waals surface area (Å²) < 4.78 is 16.7. The Balaban J connectivity index is 1.66. The van der Waals surface area contributed by atoms with E-state index in [1.165, 1.54) is 0 Å². The summed E-state index contributed by atoms with van der Waals surface area (Å²) in [4.78, 5) is 7.14. The summed E-state index contributed by atoms with van der Waals surface area (Å²) in [6.07, 6.45) is 0. The lowest BCUT2D eigenvalue weighted by Gasteiger charge is -2.33. The molecule has 0 radical (unpaired) electrons. The van der Waals surface area contributed by atoms with Gasteiger partial charge in [0, 0.05) is 26.2 Å². The second kappa shape index (κ2) is 10.9. The molecule has 2 heterocycles. The molecule has 1 unspecified atom stereocenters. The number of hydrogen-bond donors (Lipinski definition) is 2. The van der Waals surface area contributed by atoms with Crippen molar-refractivity contribution < 1.29 is 13.9 Å². The zero-order chi connectivity index (χ0) is 20.5. The summed E-state index contributed by atoms with van der Waals surface area (Å²) in [5.41, 5.74) is 1.13. The Hall–Kier alpha value is -2.51. The summed E-state index contributed by atoms with van der Waals surface area (Å²) in [5.74, 6) is 3.55. The maximum Gasteiger partial charge on any atom is 0.191 e. The molecule has 2 N–H and O–H groups in total. The van der Waals surface area contributed by atoms with Gasteiger partial charge in [-0.25, -0.2) is 4.99 Å². The van der Waals surface area contributed by atoms with Crippen LogP contribution in [0.2, 0.25) is 0 Å². The average molecular weight is 401 g/mol. The average Bonchev–Trinajstić information content (AvgIpc) is 3.19.